The molecule has 2 aliphatic rings. The summed E-state index contributed by atoms with van der Waals surface area (Å²) >= 11 is 0. The Morgan fingerprint density at radius 1 is 1.19 bits per heavy atom. The maximum Gasteiger partial charge on any atom is 0.0713 e. The summed E-state index contributed by atoms with van der Waals surface area (Å²) in [5.74, 6) is 0.828. The van der Waals surface area contributed by atoms with Crippen molar-refractivity contribution >= 4 is 0 Å². The summed E-state index contributed by atoms with van der Waals surface area (Å²) in [5.41, 5.74) is 2.63. The molecule has 1 aromatic carbocycles. The quantitative estimate of drug-likeness (QED) is 0.844. The van der Waals surface area contributed by atoms with Gasteiger partial charge in [0.2, 0.25) is 0 Å². The molecule has 116 valence electrons. The Balaban J connectivity index is 1.55. The summed E-state index contributed by atoms with van der Waals surface area (Å²) in [7, 11) is 1.75. The number of rotatable bonds is 6. The van der Waals surface area contributed by atoms with Gasteiger partial charge in [-0.3, -0.25) is 0 Å². The molecular formula is C18H28N2O. The molecule has 1 heterocycles. The van der Waals surface area contributed by atoms with Gasteiger partial charge in [0.05, 0.1) is 6.61 Å². The highest BCUT2D eigenvalue weighted by molar-refractivity contribution is 5.23. The smallest absolute Gasteiger partial charge is 0.0713 e. The Morgan fingerprint density at radius 2 is 2.10 bits per heavy atom. The van der Waals surface area contributed by atoms with E-state index in [-0.39, 0.29) is 0 Å². The molecule has 0 radical (unpaired) electrons. The van der Waals surface area contributed by atoms with Gasteiger partial charge in [-0.2, -0.15) is 0 Å². The predicted octanol–water partition coefficient (Wildman–Crippen LogP) is 2.84. The summed E-state index contributed by atoms with van der Waals surface area (Å²) in [6.07, 6.45) is 6.82. The minimum absolute atomic E-state index is 0.687. The molecule has 1 saturated carbocycles. The van der Waals surface area contributed by atoms with E-state index in [1.165, 1.54) is 49.8 Å². The Bertz CT molecular complexity index is 443. The monoisotopic (exact) mass is 288 g/mol. The van der Waals surface area contributed by atoms with Crippen LogP contribution in [-0.2, 0) is 17.9 Å². The summed E-state index contributed by atoms with van der Waals surface area (Å²) in [4.78, 5) is 0. The molecular weight excluding hydrogens is 260 g/mol. The van der Waals surface area contributed by atoms with E-state index in [2.05, 4.69) is 34.9 Å². The highest BCUT2D eigenvalue weighted by Gasteiger charge is 2.34. The number of nitrogens with one attached hydrogen (secondary N) is 2. The maximum absolute atomic E-state index is 5.22. The first-order valence-corrected chi connectivity index (χ1v) is 8.40. The number of hydrogen-bond acceptors (Lipinski definition) is 3. The van der Waals surface area contributed by atoms with E-state index in [4.69, 9.17) is 4.74 Å². The van der Waals surface area contributed by atoms with Crippen LogP contribution in [0.3, 0.4) is 0 Å². The van der Waals surface area contributed by atoms with Gasteiger partial charge in [-0.1, -0.05) is 30.7 Å². The predicted molar refractivity (Wildman–Crippen MR) is 86.1 cm³/mol. The van der Waals surface area contributed by atoms with Crippen LogP contribution < -0.4 is 10.6 Å². The average Bonchev–Trinajstić information content (AvgIpc) is 3.17. The number of ether oxygens (including phenoxy) is 1. The lowest BCUT2D eigenvalue weighted by Gasteiger charge is -2.26. The molecule has 3 nitrogen and oxygen atoms in total. The molecule has 1 aromatic rings. The molecule has 0 bridgehead atoms. The number of hydrogen-bond donors (Lipinski definition) is 2. The van der Waals surface area contributed by atoms with Crippen LogP contribution in [0.1, 0.15) is 43.2 Å². The summed E-state index contributed by atoms with van der Waals surface area (Å²) in [6, 6.07) is 10.2. The minimum atomic E-state index is 0.687. The SMILES string of the molecule is COCc1cccc(CNC2CCCC2C2CCCN2)c1. The lowest BCUT2D eigenvalue weighted by Crippen LogP contribution is -2.41. The third kappa shape index (κ3) is 3.85. The van der Waals surface area contributed by atoms with E-state index in [1.54, 1.807) is 7.11 Å². The van der Waals surface area contributed by atoms with Crippen LogP contribution in [0.4, 0.5) is 0 Å². The topological polar surface area (TPSA) is 33.3 Å². The highest BCUT2D eigenvalue weighted by Crippen LogP contribution is 2.32. The van der Waals surface area contributed by atoms with Gasteiger partial charge in [0, 0.05) is 25.7 Å². The standard InChI is InChI=1S/C18H28N2O/c1-21-13-15-6-2-5-14(11-15)12-20-18-8-3-7-16(18)17-9-4-10-19-17/h2,5-6,11,16-20H,3-4,7-10,12-13H2,1H3. The molecule has 0 aromatic heterocycles. The third-order valence-electron chi connectivity index (χ3n) is 5.06. The van der Waals surface area contributed by atoms with Gasteiger partial charge in [-0.15, -0.1) is 0 Å². The van der Waals surface area contributed by atoms with Gasteiger partial charge in [-0.25, -0.2) is 0 Å². The second kappa shape index (κ2) is 7.39. The molecule has 3 atom stereocenters. The molecule has 2 N–H and O–H groups in total. The lowest BCUT2D eigenvalue weighted by atomic mass is 9.93. The van der Waals surface area contributed by atoms with Crippen molar-refractivity contribution in [2.24, 2.45) is 5.92 Å². The zero-order chi connectivity index (χ0) is 14.5. The Kier molecular flexibility index (Phi) is 5.28. The van der Waals surface area contributed by atoms with Crippen molar-refractivity contribution in [2.75, 3.05) is 13.7 Å². The van der Waals surface area contributed by atoms with Crippen LogP contribution in [0, 0.1) is 5.92 Å². The van der Waals surface area contributed by atoms with Gasteiger partial charge in [-0.05, 0) is 49.3 Å². The van der Waals surface area contributed by atoms with Crippen molar-refractivity contribution in [1.29, 1.82) is 0 Å². The normalized spacial score (nSPS) is 29.1. The van der Waals surface area contributed by atoms with Crippen molar-refractivity contribution in [2.45, 2.75) is 57.3 Å². The van der Waals surface area contributed by atoms with Crippen LogP contribution in [0.15, 0.2) is 24.3 Å². The number of methoxy groups -OCH3 is 1. The molecule has 21 heavy (non-hydrogen) atoms. The molecule has 2 fully saturated rings. The Morgan fingerprint density at radius 3 is 2.90 bits per heavy atom. The molecule has 1 saturated heterocycles. The largest absolute Gasteiger partial charge is 0.380 e. The second-order valence-electron chi connectivity index (χ2n) is 6.54. The first kappa shape index (κ1) is 15.0. The van der Waals surface area contributed by atoms with Crippen molar-refractivity contribution in [1.82, 2.24) is 10.6 Å². The molecule has 1 aliphatic heterocycles. The molecule has 3 unspecified atom stereocenters. The van der Waals surface area contributed by atoms with Gasteiger partial charge < -0.3 is 15.4 Å². The van der Waals surface area contributed by atoms with Gasteiger partial charge in [0.1, 0.15) is 0 Å². The van der Waals surface area contributed by atoms with E-state index in [0.717, 1.165) is 18.5 Å². The second-order valence-corrected chi connectivity index (χ2v) is 6.54. The lowest BCUT2D eigenvalue weighted by molar-refractivity contribution is 0.185. The van der Waals surface area contributed by atoms with E-state index in [9.17, 15) is 0 Å². The van der Waals surface area contributed by atoms with Gasteiger partial charge in [0.25, 0.3) is 0 Å². The first-order chi connectivity index (χ1) is 10.4. The van der Waals surface area contributed by atoms with Crippen LogP contribution in [-0.4, -0.2) is 25.7 Å². The van der Waals surface area contributed by atoms with Crippen molar-refractivity contribution in [3.63, 3.8) is 0 Å². The van der Waals surface area contributed by atoms with E-state index >= 15 is 0 Å². The molecule has 3 heteroatoms. The van der Waals surface area contributed by atoms with Crippen LogP contribution in [0.2, 0.25) is 0 Å². The highest BCUT2D eigenvalue weighted by atomic mass is 16.5. The zero-order valence-corrected chi connectivity index (χ0v) is 13.1. The molecule has 1 aliphatic carbocycles. The van der Waals surface area contributed by atoms with Crippen molar-refractivity contribution in [3.05, 3.63) is 35.4 Å². The fourth-order valence-electron chi connectivity index (χ4n) is 4.05. The Labute approximate surface area is 128 Å². The molecule has 3 rings (SSSR count). The molecule has 0 amide bonds. The fraction of sp³-hybridized carbons (Fsp3) is 0.667. The minimum Gasteiger partial charge on any atom is -0.380 e. The van der Waals surface area contributed by atoms with E-state index < -0.39 is 0 Å². The van der Waals surface area contributed by atoms with Crippen LogP contribution in [0.25, 0.3) is 0 Å². The van der Waals surface area contributed by atoms with Gasteiger partial charge >= 0.3 is 0 Å². The summed E-state index contributed by atoms with van der Waals surface area (Å²) in [5, 5.41) is 7.51. The first-order valence-electron chi connectivity index (χ1n) is 8.40. The van der Waals surface area contributed by atoms with Crippen molar-refractivity contribution in [3.8, 4) is 0 Å². The number of benzene rings is 1. The summed E-state index contributed by atoms with van der Waals surface area (Å²) < 4.78 is 5.22. The van der Waals surface area contributed by atoms with Crippen molar-refractivity contribution < 1.29 is 4.74 Å². The van der Waals surface area contributed by atoms with Crippen LogP contribution in [0.5, 0.6) is 0 Å². The average molecular weight is 288 g/mol. The van der Waals surface area contributed by atoms with E-state index in [0.29, 0.717) is 12.6 Å². The van der Waals surface area contributed by atoms with E-state index in [1.807, 2.05) is 0 Å². The fourth-order valence-corrected chi connectivity index (χ4v) is 4.05. The van der Waals surface area contributed by atoms with Gasteiger partial charge in [0.15, 0.2) is 0 Å². The maximum atomic E-state index is 5.22. The molecule has 0 spiro atoms. The van der Waals surface area contributed by atoms with Crippen LogP contribution >= 0.6 is 0 Å². The summed E-state index contributed by atoms with van der Waals surface area (Å²) in [6.45, 7) is 2.89. The third-order valence-corrected chi connectivity index (χ3v) is 5.06. The Hall–Kier alpha value is -0.900. The zero-order valence-electron chi connectivity index (χ0n) is 13.1.